The quantitative estimate of drug-likeness (QED) is 0.467. The molecule has 1 saturated heterocycles. The molecule has 0 radical (unpaired) electrons. The standard InChI is InChI=1S/C18H16N2O7/c1-25-13-5-3-4-10(15(13)21)8-12-16(22)20(18(24)19-12)9-11-6-7-14(27-11)17(23)26-2/h3-8,21H,9H2,1-2H3,(H,19,24)/b12-8-. The van der Waals surface area contributed by atoms with Crippen LogP contribution < -0.4 is 10.1 Å². The molecule has 0 spiro atoms. The van der Waals surface area contributed by atoms with Gasteiger partial charge in [-0.1, -0.05) is 12.1 Å². The van der Waals surface area contributed by atoms with Crippen LogP contribution in [0.2, 0.25) is 0 Å². The van der Waals surface area contributed by atoms with Crippen molar-refractivity contribution in [2.75, 3.05) is 14.2 Å². The highest BCUT2D eigenvalue weighted by Gasteiger charge is 2.34. The topological polar surface area (TPSA) is 118 Å². The van der Waals surface area contributed by atoms with Crippen LogP contribution in [0.4, 0.5) is 4.79 Å². The maximum atomic E-state index is 12.5. The van der Waals surface area contributed by atoms with Gasteiger partial charge >= 0.3 is 12.0 Å². The number of nitrogens with one attached hydrogen (secondary N) is 1. The number of carbonyl (C=O) groups is 3. The van der Waals surface area contributed by atoms with E-state index in [1.54, 1.807) is 18.2 Å². The van der Waals surface area contributed by atoms with Crippen LogP contribution in [0.25, 0.3) is 6.08 Å². The first-order valence-electron chi connectivity index (χ1n) is 7.82. The van der Waals surface area contributed by atoms with Crippen molar-refractivity contribution in [1.29, 1.82) is 0 Å². The van der Waals surface area contributed by atoms with E-state index in [2.05, 4.69) is 10.1 Å². The minimum absolute atomic E-state index is 0.0108. The highest BCUT2D eigenvalue weighted by atomic mass is 16.5. The second kappa shape index (κ2) is 7.24. The smallest absolute Gasteiger partial charge is 0.373 e. The van der Waals surface area contributed by atoms with Gasteiger partial charge in [0.05, 0.1) is 20.8 Å². The van der Waals surface area contributed by atoms with Gasteiger partial charge in [-0.3, -0.25) is 9.69 Å². The number of amides is 3. The average Bonchev–Trinajstić information content (AvgIpc) is 3.23. The molecule has 0 atom stereocenters. The SMILES string of the molecule is COC(=O)c1ccc(CN2C(=O)N/C(=C\c3cccc(OC)c3O)C2=O)o1. The first-order valence-corrected chi connectivity index (χ1v) is 7.82. The largest absolute Gasteiger partial charge is 0.504 e. The Labute approximate surface area is 153 Å². The minimum Gasteiger partial charge on any atom is -0.504 e. The van der Waals surface area contributed by atoms with Gasteiger partial charge in [0.2, 0.25) is 5.76 Å². The third kappa shape index (κ3) is 3.47. The third-order valence-corrected chi connectivity index (χ3v) is 3.87. The van der Waals surface area contributed by atoms with Crippen molar-refractivity contribution in [2.45, 2.75) is 6.54 Å². The van der Waals surface area contributed by atoms with E-state index in [1.165, 1.54) is 32.4 Å². The average molecular weight is 372 g/mol. The summed E-state index contributed by atoms with van der Waals surface area (Å²) in [7, 11) is 2.62. The number of rotatable bonds is 5. The maximum Gasteiger partial charge on any atom is 0.373 e. The molecule has 1 aromatic heterocycles. The number of hydrogen-bond acceptors (Lipinski definition) is 7. The molecule has 1 aliphatic rings. The molecular weight excluding hydrogens is 356 g/mol. The van der Waals surface area contributed by atoms with Gasteiger partial charge in [0.15, 0.2) is 11.5 Å². The lowest BCUT2D eigenvalue weighted by Crippen LogP contribution is -2.30. The van der Waals surface area contributed by atoms with Gasteiger partial charge in [-0.2, -0.15) is 0 Å². The van der Waals surface area contributed by atoms with Crippen molar-refractivity contribution in [2.24, 2.45) is 0 Å². The van der Waals surface area contributed by atoms with Crippen LogP contribution in [-0.4, -0.2) is 42.1 Å². The Morgan fingerprint density at radius 2 is 2.04 bits per heavy atom. The number of aromatic hydroxyl groups is 1. The van der Waals surface area contributed by atoms with Crippen LogP contribution >= 0.6 is 0 Å². The summed E-state index contributed by atoms with van der Waals surface area (Å²) in [6.45, 7) is -0.164. The number of benzene rings is 1. The van der Waals surface area contributed by atoms with Gasteiger partial charge < -0.3 is 24.3 Å². The molecule has 0 bridgehead atoms. The molecule has 1 aromatic carbocycles. The molecule has 1 aliphatic heterocycles. The third-order valence-electron chi connectivity index (χ3n) is 3.87. The van der Waals surface area contributed by atoms with E-state index in [1.807, 2.05) is 0 Å². The molecule has 9 nitrogen and oxygen atoms in total. The van der Waals surface area contributed by atoms with Crippen molar-refractivity contribution in [3.63, 3.8) is 0 Å². The Bertz CT molecular complexity index is 945. The van der Waals surface area contributed by atoms with Crippen LogP contribution in [0.5, 0.6) is 11.5 Å². The first-order chi connectivity index (χ1) is 12.9. The molecule has 0 saturated carbocycles. The van der Waals surface area contributed by atoms with Crippen LogP contribution in [0.1, 0.15) is 21.9 Å². The minimum atomic E-state index is -0.660. The van der Waals surface area contributed by atoms with Crippen molar-refractivity contribution < 1.29 is 33.4 Å². The lowest BCUT2D eigenvalue weighted by atomic mass is 10.1. The van der Waals surface area contributed by atoms with Gasteiger partial charge in [0, 0.05) is 5.56 Å². The van der Waals surface area contributed by atoms with Crippen molar-refractivity contribution in [3.05, 3.63) is 53.1 Å². The zero-order chi connectivity index (χ0) is 19.6. The number of ether oxygens (including phenoxy) is 2. The summed E-state index contributed by atoms with van der Waals surface area (Å²) in [5.74, 6) is -0.961. The fourth-order valence-electron chi connectivity index (χ4n) is 2.52. The summed E-state index contributed by atoms with van der Waals surface area (Å²) in [6.07, 6.45) is 1.35. The predicted molar refractivity (Wildman–Crippen MR) is 91.8 cm³/mol. The number of esters is 1. The second-order valence-corrected chi connectivity index (χ2v) is 5.54. The summed E-state index contributed by atoms with van der Waals surface area (Å²) in [5.41, 5.74) is 0.300. The number of phenols is 1. The Hall–Kier alpha value is -3.75. The summed E-state index contributed by atoms with van der Waals surface area (Å²) in [4.78, 5) is 37.0. The molecule has 3 amide bonds. The lowest BCUT2D eigenvalue weighted by Gasteiger charge is -2.09. The summed E-state index contributed by atoms with van der Waals surface area (Å²) >= 11 is 0. The second-order valence-electron chi connectivity index (χ2n) is 5.54. The number of phenolic OH excluding ortho intramolecular Hbond substituents is 1. The van der Waals surface area contributed by atoms with E-state index in [-0.39, 0.29) is 35.3 Å². The van der Waals surface area contributed by atoms with E-state index in [0.717, 1.165) is 4.90 Å². The number of urea groups is 1. The first kappa shape index (κ1) is 18.1. The Morgan fingerprint density at radius 1 is 1.26 bits per heavy atom. The molecule has 27 heavy (non-hydrogen) atoms. The Kier molecular flexibility index (Phi) is 4.84. The normalized spacial score (nSPS) is 15.2. The van der Waals surface area contributed by atoms with E-state index in [9.17, 15) is 19.5 Å². The monoisotopic (exact) mass is 372 g/mol. The highest BCUT2D eigenvalue weighted by molar-refractivity contribution is 6.14. The van der Waals surface area contributed by atoms with Crippen molar-refractivity contribution >= 4 is 24.0 Å². The van der Waals surface area contributed by atoms with Crippen molar-refractivity contribution in [3.8, 4) is 11.5 Å². The summed E-state index contributed by atoms with van der Waals surface area (Å²) in [5, 5.41) is 12.6. The Morgan fingerprint density at radius 3 is 2.74 bits per heavy atom. The predicted octanol–water partition coefficient (Wildman–Crippen LogP) is 1.87. The summed E-state index contributed by atoms with van der Waals surface area (Å²) in [6, 6.07) is 7.00. The molecule has 1 fully saturated rings. The summed E-state index contributed by atoms with van der Waals surface area (Å²) < 4.78 is 14.8. The number of imide groups is 1. The fourth-order valence-corrected chi connectivity index (χ4v) is 2.52. The van der Waals surface area contributed by atoms with Crippen LogP contribution in [0.3, 0.4) is 0 Å². The van der Waals surface area contributed by atoms with E-state index < -0.39 is 17.9 Å². The lowest BCUT2D eigenvalue weighted by molar-refractivity contribution is -0.123. The van der Waals surface area contributed by atoms with E-state index in [4.69, 9.17) is 9.15 Å². The van der Waals surface area contributed by atoms with Gasteiger partial charge in [0.25, 0.3) is 5.91 Å². The number of methoxy groups -OCH3 is 2. The molecule has 0 aliphatic carbocycles. The van der Waals surface area contributed by atoms with Crippen LogP contribution in [-0.2, 0) is 16.1 Å². The molecular formula is C18H16N2O7. The molecule has 0 unspecified atom stereocenters. The molecule has 3 rings (SSSR count). The number of furan rings is 1. The van der Waals surface area contributed by atoms with Gasteiger partial charge in [0.1, 0.15) is 11.5 Å². The zero-order valence-corrected chi connectivity index (χ0v) is 14.5. The molecule has 2 heterocycles. The number of para-hydroxylation sites is 1. The van der Waals surface area contributed by atoms with Crippen molar-refractivity contribution in [1.82, 2.24) is 10.2 Å². The fraction of sp³-hybridized carbons (Fsp3) is 0.167. The maximum absolute atomic E-state index is 12.5. The van der Waals surface area contributed by atoms with Gasteiger partial charge in [-0.25, -0.2) is 9.59 Å². The highest BCUT2D eigenvalue weighted by Crippen LogP contribution is 2.31. The molecule has 9 heteroatoms. The van der Waals surface area contributed by atoms with E-state index >= 15 is 0 Å². The van der Waals surface area contributed by atoms with Gasteiger partial charge in [-0.15, -0.1) is 0 Å². The molecule has 140 valence electrons. The Balaban J connectivity index is 1.81. The number of hydrogen-bond donors (Lipinski definition) is 2. The molecule has 2 aromatic rings. The number of nitrogens with zero attached hydrogens (tertiary/aromatic N) is 1. The van der Waals surface area contributed by atoms with E-state index in [0.29, 0.717) is 5.56 Å². The van der Waals surface area contributed by atoms with Crippen LogP contribution in [0, 0.1) is 0 Å². The van der Waals surface area contributed by atoms with Crippen LogP contribution in [0.15, 0.2) is 40.4 Å². The molecule has 2 N–H and O–H groups in total. The van der Waals surface area contributed by atoms with Gasteiger partial charge in [-0.05, 0) is 24.3 Å². The number of carbonyl (C=O) groups excluding carboxylic acids is 3. The zero-order valence-electron chi connectivity index (χ0n) is 14.5.